The van der Waals surface area contributed by atoms with Crippen molar-refractivity contribution in [3.8, 4) is 0 Å². The van der Waals surface area contributed by atoms with Crippen LogP contribution in [0.25, 0.3) is 0 Å². The van der Waals surface area contributed by atoms with Crippen LogP contribution >= 0.6 is 22.6 Å². The summed E-state index contributed by atoms with van der Waals surface area (Å²) >= 11 is 2.10. The molecule has 0 bridgehead atoms. The summed E-state index contributed by atoms with van der Waals surface area (Å²) in [5.74, 6) is -0.352. The molecule has 0 aliphatic carbocycles. The third-order valence-electron chi connectivity index (χ3n) is 3.89. The van der Waals surface area contributed by atoms with Gasteiger partial charge in [-0.15, -0.1) is 0 Å². The fourth-order valence-electron chi connectivity index (χ4n) is 2.70. The van der Waals surface area contributed by atoms with Crippen molar-refractivity contribution in [3.05, 3.63) is 62.5 Å². The quantitative estimate of drug-likeness (QED) is 0.579. The predicted molar refractivity (Wildman–Crippen MR) is 91.8 cm³/mol. The number of hydrogen-bond acceptors (Lipinski definition) is 3. The van der Waals surface area contributed by atoms with Crippen LogP contribution in [0.3, 0.4) is 0 Å². The van der Waals surface area contributed by atoms with E-state index in [-0.39, 0.29) is 11.8 Å². The molecule has 0 atom stereocenters. The Morgan fingerprint density at radius 1 is 1.14 bits per heavy atom. The Morgan fingerprint density at radius 2 is 1.95 bits per heavy atom. The lowest BCUT2D eigenvalue weighted by molar-refractivity contribution is 0.0652. The monoisotopic (exact) mass is 406 g/mol. The van der Waals surface area contributed by atoms with Gasteiger partial charge >= 0.3 is 0 Å². The number of aromatic nitrogens is 1. The second-order valence-corrected chi connectivity index (χ2v) is 6.44. The molecule has 0 unspecified atom stereocenters. The Balaban J connectivity index is 1.70. The van der Waals surface area contributed by atoms with Gasteiger partial charge in [0.1, 0.15) is 0 Å². The number of rotatable bonds is 4. The topological polar surface area (TPSA) is 50.3 Å². The van der Waals surface area contributed by atoms with Gasteiger partial charge in [0.25, 0.3) is 11.8 Å². The number of imide groups is 1. The lowest BCUT2D eigenvalue weighted by Gasteiger charge is -2.14. The number of aryl methyl sites for hydroxylation is 2. The van der Waals surface area contributed by atoms with Crippen LogP contribution in [0, 0.1) is 10.5 Å². The van der Waals surface area contributed by atoms with E-state index in [1.807, 2.05) is 31.2 Å². The van der Waals surface area contributed by atoms with E-state index in [9.17, 15) is 9.59 Å². The molecule has 1 aliphatic rings. The van der Waals surface area contributed by atoms with Crippen molar-refractivity contribution in [3.63, 3.8) is 0 Å². The molecule has 2 heterocycles. The largest absolute Gasteiger partial charge is 0.274 e. The number of amides is 2. The van der Waals surface area contributed by atoms with E-state index in [0.717, 1.165) is 27.7 Å². The summed E-state index contributed by atoms with van der Waals surface area (Å²) in [6.07, 6.45) is 3.32. The number of pyridine rings is 1. The SMILES string of the molecule is Cc1ncccc1CCCN1C(=O)c2cccc(I)c2C1=O. The van der Waals surface area contributed by atoms with E-state index in [0.29, 0.717) is 17.7 Å². The molecule has 0 radical (unpaired) electrons. The maximum atomic E-state index is 12.4. The van der Waals surface area contributed by atoms with Crippen LogP contribution in [0.1, 0.15) is 38.4 Å². The van der Waals surface area contributed by atoms with Crippen molar-refractivity contribution in [2.75, 3.05) is 6.54 Å². The first-order valence-electron chi connectivity index (χ1n) is 7.15. The van der Waals surface area contributed by atoms with Crippen LogP contribution in [-0.4, -0.2) is 28.2 Å². The van der Waals surface area contributed by atoms with Crippen LogP contribution in [0.2, 0.25) is 0 Å². The summed E-state index contributed by atoms with van der Waals surface area (Å²) in [4.78, 5) is 30.4. The molecule has 0 fully saturated rings. The lowest BCUT2D eigenvalue weighted by atomic mass is 10.1. The van der Waals surface area contributed by atoms with Gasteiger partial charge in [-0.05, 0) is 66.1 Å². The summed E-state index contributed by atoms with van der Waals surface area (Å²) in [7, 11) is 0. The highest BCUT2D eigenvalue weighted by Gasteiger charge is 2.36. The number of carbonyl (C=O) groups is 2. The van der Waals surface area contributed by atoms with Crippen LogP contribution in [0.4, 0.5) is 0 Å². The molecule has 2 amide bonds. The van der Waals surface area contributed by atoms with Crippen LogP contribution < -0.4 is 0 Å². The van der Waals surface area contributed by atoms with Crippen molar-refractivity contribution in [1.29, 1.82) is 0 Å². The van der Waals surface area contributed by atoms with Gasteiger partial charge in [-0.3, -0.25) is 19.5 Å². The number of halogens is 1. The minimum Gasteiger partial charge on any atom is -0.274 e. The van der Waals surface area contributed by atoms with E-state index >= 15 is 0 Å². The third kappa shape index (κ3) is 2.65. The number of benzene rings is 1. The second-order valence-electron chi connectivity index (χ2n) is 5.28. The van der Waals surface area contributed by atoms with Crippen molar-refractivity contribution in [2.24, 2.45) is 0 Å². The maximum absolute atomic E-state index is 12.4. The molecule has 112 valence electrons. The number of hydrogen-bond donors (Lipinski definition) is 0. The van der Waals surface area contributed by atoms with Gasteiger partial charge in [0, 0.05) is 22.0 Å². The maximum Gasteiger partial charge on any atom is 0.262 e. The van der Waals surface area contributed by atoms with Crippen molar-refractivity contribution in [1.82, 2.24) is 9.88 Å². The van der Waals surface area contributed by atoms with Crippen LogP contribution in [0.15, 0.2) is 36.5 Å². The normalized spacial score (nSPS) is 13.6. The standard InChI is InChI=1S/C17H15IN2O2/c1-11-12(5-3-9-19-11)6-4-10-20-16(21)13-7-2-8-14(18)15(13)17(20)22/h2-3,5,7-9H,4,6,10H2,1H3. The van der Waals surface area contributed by atoms with E-state index < -0.39 is 0 Å². The van der Waals surface area contributed by atoms with Gasteiger partial charge in [0.2, 0.25) is 0 Å². The second kappa shape index (κ2) is 6.16. The minimum absolute atomic E-state index is 0.173. The summed E-state index contributed by atoms with van der Waals surface area (Å²) in [5, 5.41) is 0. The van der Waals surface area contributed by atoms with Crippen molar-refractivity contribution < 1.29 is 9.59 Å². The van der Waals surface area contributed by atoms with Crippen molar-refractivity contribution >= 4 is 34.4 Å². The first-order valence-corrected chi connectivity index (χ1v) is 8.22. The summed E-state index contributed by atoms with van der Waals surface area (Å²) in [5.41, 5.74) is 3.23. The van der Waals surface area contributed by atoms with Crippen LogP contribution in [-0.2, 0) is 6.42 Å². The summed E-state index contributed by atoms with van der Waals surface area (Å²) < 4.78 is 0.832. The summed E-state index contributed by atoms with van der Waals surface area (Å²) in [6.45, 7) is 2.41. The van der Waals surface area contributed by atoms with Gasteiger partial charge in [0.05, 0.1) is 11.1 Å². The minimum atomic E-state index is -0.179. The Kier molecular flexibility index (Phi) is 4.24. The summed E-state index contributed by atoms with van der Waals surface area (Å²) in [6, 6.07) is 9.34. The molecule has 2 aromatic rings. The molecule has 1 aromatic carbocycles. The van der Waals surface area contributed by atoms with Crippen LogP contribution in [0.5, 0.6) is 0 Å². The molecule has 22 heavy (non-hydrogen) atoms. The smallest absolute Gasteiger partial charge is 0.262 e. The molecule has 1 aromatic heterocycles. The molecule has 5 heteroatoms. The molecule has 0 N–H and O–H groups in total. The molecule has 1 aliphatic heterocycles. The van der Waals surface area contributed by atoms with Crippen molar-refractivity contribution in [2.45, 2.75) is 19.8 Å². The number of carbonyl (C=O) groups excluding carboxylic acids is 2. The van der Waals surface area contributed by atoms with E-state index in [1.54, 1.807) is 12.3 Å². The van der Waals surface area contributed by atoms with Gasteiger partial charge in [-0.1, -0.05) is 12.1 Å². The van der Waals surface area contributed by atoms with E-state index in [2.05, 4.69) is 27.6 Å². The zero-order valence-corrected chi connectivity index (χ0v) is 14.3. The zero-order chi connectivity index (χ0) is 15.7. The molecule has 4 nitrogen and oxygen atoms in total. The Morgan fingerprint density at radius 3 is 2.68 bits per heavy atom. The molecule has 0 saturated heterocycles. The van der Waals surface area contributed by atoms with Gasteiger partial charge in [-0.2, -0.15) is 0 Å². The predicted octanol–water partition coefficient (Wildman–Crippen LogP) is 3.22. The highest BCUT2D eigenvalue weighted by atomic mass is 127. The Hall–Kier alpha value is -1.76. The Labute approximate surface area is 142 Å². The molecular weight excluding hydrogens is 391 g/mol. The molecule has 0 spiro atoms. The van der Waals surface area contributed by atoms with Gasteiger partial charge in [-0.25, -0.2) is 0 Å². The third-order valence-corrected chi connectivity index (χ3v) is 4.79. The number of fused-ring (bicyclic) bond motifs is 1. The van der Waals surface area contributed by atoms with E-state index in [1.165, 1.54) is 4.90 Å². The first-order chi connectivity index (χ1) is 10.6. The fraction of sp³-hybridized carbons (Fsp3) is 0.235. The highest BCUT2D eigenvalue weighted by Crippen LogP contribution is 2.27. The average Bonchev–Trinajstić information content (AvgIpc) is 2.75. The lowest BCUT2D eigenvalue weighted by Crippen LogP contribution is -2.31. The zero-order valence-electron chi connectivity index (χ0n) is 12.2. The average molecular weight is 406 g/mol. The fourth-order valence-corrected chi connectivity index (χ4v) is 3.43. The molecule has 0 saturated carbocycles. The number of nitrogens with zero attached hydrogens (tertiary/aromatic N) is 2. The van der Waals surface area contributed by atoms with Gasteiger partial charge in [0.15, 0.2) is 0 Å². The molecule has 3 rings (SSSR count). The molecular formula is C17H15IN2O2. The Bertz CT molecular complexity index is 758. The first kappa shape index (κ1) is 15.1. The van der Waals surface area contributed by atoms with Gasteiger partial charge < -0.3 is 0 Å². The van der Waals surface area contributed by atoms with E-state index in [4.69, 9.17) is 0 Å². The highest BCUT2D eigenvalue weighted by molar-refractivity contribution is 14.1.